The summed E-state index contributed by atoms with van der Waals surface area (Å²) in [6, 6.07) is -0.359. The molecule has 4 heteroatoms. The maximum absolute atomic E-state index is 12.6. The molecule has 24 heavy (non-hydrogen) atoms. The lowest BCUT2D eigenvalue weighted by atomic mass is 9.70. The van der Waals surface area contributed by atoms with E-state index in [9.17, 15) is 9.59 Å². The van der Waals surface area contributed by atoms with Gasteiger partial charge in [-0.2, -0.15) is 0 Å². The Morgan fingerprint density at radius 1 is 0.917 bits per heavy atom. The van der Waals surface area contributed by atoms with Crippen LogP contribution in [0.25, 0.3) is 0 Å². The predicted octanol–water partition coefficient (Wildman–Crippen LogP) is 3.73. The van der Waals surface area contributed by atoms with Crippen LogP contribution in [0.4, 0.5) is 0 Å². The van der Waals surface area contributed by atoms with Crippen molar-refractivity contribution in [3.05, 3.63) is 0 Å². The van der Waals surface area contributed by atoms with Gasteiger partial charge in [0.1, 0.15) is 0 Å². The van der Waals surface area contributed by atoms with Gasteiger partial charge in [-0.25, -0.2) is 4.79 Å². The van der Waals surface area contributed by atoms with E-state index in [1.165, 1.54) is 64.2 Å². The van der Waals surface area contributed by atoms with Crippen LogP contribution in [-0.2, 0) is 14.3 Å². The molecule has 134 valence electrons. The molecule has 4 rings (SSSR count). The van der Waals surface area contributed by atoms with Gasteiger partial charge in [0.15, 0.2) is 11.6 Å². The number of fused-ring (bicyclic) bond motifs is 1. The first-order valence-electron chi connectivity index (χ1n) is 10.2. The Morgan fingerprint density at radius 3 is 2.17 bits per heavy atom. The topological polar surface area (TPSA) is 55.4 Å². The Balaban J connectivity index is 1.44. The number of nitrogens with one attached hydrogen (secondary N) is 1. The second-order valence-corrected chi connectivity index (χ2v) is 8.65. The molecule has 1 amide bonds. The monoisotopic (exact) mass is 333 g/mol. The lowest BCUT2D eigenvalue weighted by Crippen LogP contribution is -2.65. The molecule has 3 atom stereocenters. The molecule has 2 saturated carbocycles. The largest absolute Gasteiger partial charge is 0.454 e. The maximum atomic E-state index is 12.6. The van der Waals surface area contributed by atoms with E-state index in [0.717, 1.165) is 25.2 Å². The third-order valence-corrected chi connectivity index (χ3v) is 7.17. The quantitative estimate of drug-likeness (QED) is 0.780. The Morgan fingerprint density at radius 2 is 1.54 bits per heavy atom. The van der Waals surface area contributed by atoms with Gasteiger partial charge in [-0.3, -0.25) is 4.79 Å². The highest BCUT2D eigenvalue weighted by atomic mass is 16.6. The summed E-state index contributed by atoms with van der Waals surface area (Å²) in [6.45, 7) is 0. The van der Waals surface area contributed by atoms with Crippen molar-refractivity contribution < 1.29 is 14.3 Å². The Bertz CT molecular complexity index is 493. The van der Waals surface area contributed by atoms with Crippen LogP contribution >= 0.6 is 0 Å². The molecular weight excluding hydrogens is 302 g/mol. The van der Waals surface area contributed by atoms with Crippen molar-refractivity contribution in [2.45, 2.75) is 95.1 Å². The fraction of sp³-hybridized carbons (Fsp3) is 0.900. The third kappa shape index (κ3) is 2.86. The lowest BCUT2D eigenvalue weighted by Gasteiger charge is -2.46. The number of carbonyl (C=O) groups is 2. The zero-order chi connectivity index (χ0) is 16.6. The molecule has 0 aromatic heterocycles. The Labute approximate surface area is 145 Å². The molecule has 3 unspecified atom stereocenters. The van der Waals surface area contributed by atoms with Crippen LogP contribution in [0.1, 0.15) is 83.5 Å². The lowest BCUT2D eigenvalue weighted by molar-refractivity contribution is -0.206. The van der Waals surface area contributed by atoms with Crippen LogP contribution in [0.5, 0.6) is 0 Å². The number of amides is 1. The van der Waals surface area contributed by atoms with Crippen molar-refractivity contribution in [1.82, 2.24) is 5.32 Å². The molecule has 2 aliphatic heterocycles. The zero-order valence-corrected chi connectivity index (χ0v) is 14.7. The van der Waals surface area contributed by atoms with Gasteiger partial charge in [-0.05, 0) is 31.1 Å². The summed E-state index contributed by atoms with van der Waals surface area (Å²) in [5.41, 5.74) is -0.511. The summed E-state index contributed by atoms with van der Waals surface area (Å²) < 4.78 is 5.74. The summed E-state index contributed by atoms with van der Waals surface area (Å²) in [7, 11) is 0. The van der Waals surface area contributed by atoms with Gasteiger partial charge >= 0.3 is 5.97 Å². The second-order valence-electron chi connectivity index (χ2n) is 8.65. The Kier molecular flexibility index (Phi) is 4.57. The van der Waals surface area contributed by atoms with E-state index in [0.29, 0.717) is 5.92 Å². The van der Waals surface area contributed by atoms with Crippen LogP contribution in [-0.4, -0.2) is 23.5 Å². The van der Waals surface area contributed by atoms with E-state index >= 15 is 0 Å². The molecule has 4 aliphatic rings. The first-order valence-corrected chi connectivity index (χ1v) is 10.2. The molecule has 2 heterocycles. The molecular formula is C20H31NO3. The fourth-order valence-electron chi connectivity index (χ4n) is 5.70. The average Bonchev–Trinajstić information content (AvgIpc) is 2.83. The van der Waals surface area contributed by atoms with Crippen LogP contribution in [0.15, 0.2) is 0 Å². The van der Waals surface area contributed by atoms with Crippen molar-refractivity contribution in [2.75, 3.05) is 0 Å². The first-order chi connectivity index (χ1) is 11.7. The van der Waals surface area contributed by atoms with Crippen molar-refractivity contribution in [3.63, 3.8) is 0 Å². The van der Waals surface area contributed by atoms with Crippen molar-refractivity contribution >= 4 is 11.9 Å². The molecule has 0 bridgehead atoms. The molecule has 2 saturated heterocycles. The zero-order valence-electron chi connectivity index (χ0n) is 14.7. The van der Waals surface area contributed by atoms with Crippen LogP contribution in [0.3, 0.4) is 0 Å². The molecule has 1 N–H and O–H groups in total. The van der Waals surface area contributed by atoms with E-state index in [4.69, 9.17) is 4.74 Å². The Hall–Kier alpha value is -1.06. The molecule has 0 aromatic carbocycles. The minimum atomic E-state index is -0.511. The molecule has 0 radical (unpaired) electrons. The second kappa shape index (κ2) is 6.68. The highest BCUT2D eigenvalue weighted by Crippen LogP contribution is 2.49. The van der Waals surface area contributed by atoms with Gasteiger partial charge in [0.25, 0.3) is 0 Å². The van der Waals surface area contributed by atoms with Gasteiger partial charge in [0, 0.05) is 0 Å². The molecule has 0 spiro atoms. The maximum Gasteiger partial charge on any atom is 0.333 e. The normalized spacial score (nSPS) is 37.5. The van der Waals surface area contributed by atoms with E-state index in [1.807, 2.05) is 0 Å². The fourth-order valence-corrected chi connectivity index (χ4v) is 5.70. The smallest absolute Gasteiger partial charge is 0.333 e. The molecule has 4 fully saturated rings. The van der Waals surface area contributed by atoms with Gasteiger partial charge in [0.2, 0.25) is 5.91 Å². The number of carbonyl (C=O) groups excluding carboxylic acids is 2. The number of esters is 1. The van der Waals surface area contributed by atoms with Gasteiger partial charge in [-0.1, -0.05) is 64.2 Å². The minimum Gasteiger partial charge on any atom is -0.454 e. The van der Waals surface area contributed by atoms with Crippen molar-refractivity contribution in [2.24, 2.45) is 17.8 Å². The van der Waals surface area contributed by atoms with E-state index < -0.39 is 5.60 Å². The highest BCUT2D eigenvalue weighted by molar-refractivity contribution is 5.97. The minimum absolute atomic E-state index is 0.0695. The van der Waals surface area contributed by atoms with Gasteiger partial charge in [0.05, 0.1) is 5.92 Å². The van der Waals surface area contributed by atoms with E-state index in [1.54, 1.807) is 0 Å². The average molecular weight is 333 g/mol. The van der Waals surface area contributed by atoms with E-state index in [-0.39, 0.29) is 23.8 Å². The summed E-state index contributed by atoms with van der Waals surface area (Å²) in [5.74, 6) is 1.16. The van der Waals surface area contributed by atoms with Crippen molar-refractivity contribution in [3.8, 4) is 0 Å². The number of rotatable bonds is 5. The molecule has 4 nitrogen and oxygen atoms in total. The molecule has 2 aliphatic carbocycles. The number of hydrogen-bond donors (Lipinski definition) is 1. The van der Waals surface area contributed by atoms with Crippen molar-refractivity contribution in [1.29, 1.82) is 0 Å². The third-order valence-electron chi connectivity index (χ3n) is 7.17. The number of ether oxygens (including phenoxy) is 1. The first kappa shape index (κ1) is 16.4. The van der Waals surface area contributed by atoms with Crippen LogP contribution < -0.4 is 5.32 Å². The highest BCUT2D eigenvalue weighted by Gasteiger charge is 2.68. The molecule has 0 aromatic rings. The van der Waals surface area contributed by atoms with E-state index in [2.05, 4.69) is 5.32 Å². The standard InChI is InChI=1S/C20H31NO3/c22-18-16(13-15-9-5-2-6-10-15)20(17(21-18)19(23)24-20)12-11-14-7-3-1-4-8-14/h14-17H,1-13H2,(H,21,22). The summed E-state index contributed by atoms with van der Waals surface area (Å²) in [5, 5.41) is 2.96. The SMILES string of the molecule is O=C1NC2C(=O)OC2(CCC2CCCCC2)C1CC1CCCCC1. The summed E-state index contributed by atoms with van der Waals surface area (Å²) in [4.78, 5) is 24.5. The number of hydrogen-bond acceptors (Lipinski definition) is 3. The van der Waals surface area contributed by atoms with Crippen LogP contribution in [0.2, 0.25) is 0 Å². The van der Waals surface area contributed by atoms with Gasteiger partial charge < -0.3 is 10.1 Å². The summed E-state index contributed by atoms with van der Waals surface area (Å²) in [6.07, 6.45) is 15.9. The van der Waals surface area contributed by atoms with Crippen LogP contribution in [0, 0.1) is 17.8 Å². The predicted molar refractivity (Wildman–Crippen MR) is 91.2 cm³/mol. The van der Waals surface area contributed by atoms with Gasteiger partial charge in [-0.15, -0.1) is 0 Å². The summed E-state index contributed by atoms with van der Waals surface area (Å²) >= 11 is 0.